The van der Waals surface area contributed by atoms with Crippen LogP contribution in [0.25, 0.3) is 0 Å². The number of oxime groups is 1. The first-order valence-corrected chi connectivity index (χ1v) is 7.16. The van der Waals surface area contributed by atoms with Gasteiger partial charge in [-0.2, -0.15) is 0 Å². The zero-order valence-electron chi connectivity index (χ0n) is 10.3. The molecule has 0 spiro atoms. The first kappa shape index (κ1) is 15.1. The fourth-order valence-electron chi connectivity index (χ4n) is 1.47. The van der Waals surface area contributed by atoms with Gasteiger partial charge in [0.2, 0.25) is 0 Å². The van der Waals surface area contributed by atoms with Crippen LogP contribution in [0.2, 0.25) is 0 Å². The molecule has 2 aromatic rings. The molecule has 0 fully saturated rings. The van der Waals surface area contributed by atoms with Gasteiger partial charge in [-0.1, -0.05) is 37.0 Å². The number of hydrogen-bond donors (Lipinski definition) is 0. The summed E-state index contributed by atoms with van der Waals surface area (Å²) < 4.78 is 27.7. The molecule has 0 saturated heterocycles. The molecule has 0 saturated carbocycles. The van der Waals surface area contributed by atoms with E-state index in [2.05, 4.69) is 37.0 Å². The first-order chi connectivity index (χ1) is 9.45. The molecule has 0 aromatic heterocycles. The van der Waals surface area contributed by atoms with Gasteiger partial charge in [-0.05, 0) is 30.2 Å². The summed E-state index contributed by atoms with van der Waals surface area (Å²) in [7, 11) is 0. The molecule has 0 unspecified atom stereocenters. The first-order valence-electron chi connectivity index (χ1n) is 5.58. The van der Waals surface area contributed by atoms with E-state index in [0.717, 1.165) is 38.3 Å². The smallest absolute Gasteiger partial charge is 0.163 e. The zero-order chi connectivity index (χ0) is 14.7. The van der Waals surface area contributed by atoms with Gasteiger partial charge in [-0.25, -0.2) is 8.78 Å². The topological polar surface area (TPSA) is 21.6 Å². The van der Waals surface area contributed by atoms with Crippen LogP contribution in [-0.2, 0) is 0 Å². The molecular formula is C14H9Br2F2NO. The van der Waals surface area contributed by atoms with Crippen LogP contribution in [0, 0.1) is 18.6 Å². The van der Waals surface area contributed by atoms with Crippen molar-refractivity contribution in [2.75, 3.05) is 0 Å². The Hall–Kier alpha value is -1.27. The summed E-state index contributed by atoms with van der Waals surface area (Å²) in [6.45, 7) is 1.96. The quantitative estimate of drug-likeness (QED) is 0.508. The van der Waals surface area contributed by atoms with Crippen molar-refractivity contribution in [2.45, 2.75) is 6.92 Å². The minimum absolute atomic E-state index is 0.00370. The second-order valence-corrected chi connectivity index (χ2v) is 5.75. The molecular weight excluding hydrogens is 396 g/mol. The highest BCUT2D eigenvalue weighted by Gasteiger charge is 2.03. The third-order valence-electron chi connectivity index (χ3n) is 2.50. The van der Waals surface area contributed by atoms with E-state index < -0.39 is 11.6 Å². The maximum atomic E-state index is 12.9. The van der Waals surface area contributed by atoms with E-state index in [1.807, 2.05) is 19.1 Å². The largest absolute Gasteiger partial charge is 0.357 e. The zero-order valence-corrected chi connectivity index (χ0v) is 13.5. The monoisotopic (exact) mass is 403 g/mol. The Morgan fingerprint density at radius 1 is 1.00 bits per heavy atom. The predicted molar refractivity (Wildman–Crippen MR) is 81.2 cm³/mol. The second kappa shape index (κ2) is 6.45. The van der Waals surface area contributed by atoms with Crippen LogP contribution >= 0.6 is 31.9 Å². The Kier molecular flexibility index (Phi) is 4.88. The molecule has 0 aliphatic rings. The molecule has 0 radical (unpaired) electrons. The van der Waals surface area contributed by atoms with Gasteiger partial charge in [0.25, 0.3) is 0 Å². The molecule has 2 rings (SSSR count). The van der Waals surface area contributed by atoms with Crippen molar-refractivity contribution >= 4 is 38.1 Å². The SMILES string of the molecule is Cc1c(Br)cc(/C=N/Oc2cc(F)cc(F)c2)cc1Br. The van der Waals surface area contributed by atoms with Crippen LogP contribution in [0.1, 0.15) is 11.1 Å². The van der Waals surface area contributed by atoms with Crippen LogP contribution in [0.5, 0.6) is 5.75 Å². The van der Waals surface area contributed by atoms with Gasteiger partial charge in [-0.15, -0.1) is 0 Å². The third kappa shape index (κ3) is 3.86. The van der Waals surface area contributed by atoms with Crippen molar-refractivity contribution in [1.29, 1.82) is 0 Å². The summed E-state index contributed by atoms with van der Waals surface area (Å²) >= 11 is 6.84. The average Bonchev–Trinajstić information content (AvgIpc) is 2.34. The lowest BCUT2D eigenvalue weighted by atomic mass is 10.2. The van der Waals surface area contributed by atoms with Crippen molar-refractivity contribution in [2.24, 2.45) is 5.16 Å². The number of benzene rings is 2. The van der Waals surface area contributed by atoms with Crippen molar-refractivity contribution < 1.29 is 13.6 Å². The van der Waals surface area contributed by atoms with Crippen LogP contribution in [-0.4, -0.2) is 6.21 Å². The summed E-state index contributed by atoms with van der Waals surface area (Å²) in [5, 5.41) is 3.71. The fourth-order valence-corrected chi connectivity index (χ4v) is 2.69. The van der Waals surface area contributed by atoms with E-state index in [0.29, 0.717) is 0 Å². The maximum Gasteiger partial charge on any atom is 0.163 e. The number of rotatable bonds is 3. The lowest BCUT2D eigenvalue weighted by Gasteiger charge is -2.03. The van der Waals surface area contributed by atoms with Gasteiger partial charge < -0.3 is 4.84 Å². The summed E-state index contributed by atoms with van der Waals surface area (Å²) in [4.78, 5) is 4.94. The van der Waals surface area contributed by atoms with Gasteiger partial charge in [0.15, 0.2) is 5.75 Å². The summed E-state index contributed by atoms with van der Waals surface area (Å²) in [6, 6.07) is 6.60. The van der Waals surface area contributed by atoms with Gasteiger partial charge in [0, 0.05) is 27.1 Å². The van der Waals surface area contributed by atoms with E-state index in [9.17, 15) is 8.78 Å². The van der Waals surface area contributed by atoms with Crippen molar-refractivity contribution in [1.82, 2.24) is 0 Å². The van der Waals surface area contributed by atoms with E-state index >= 15 is 0 Å². The van der Waals surface area contributed by atoms with Crippen LogP contribution in [0.3, 0.4) is 0 Å². The Morgan fingerprint density at radius 2 is 1.55 bits per heavy atom. The molecule has 0 N–H and O–H groups in total. The fraction of sp³-hybridized carbons (Fsp3) is 0.0714. The lowest BCUT2D eigenvalue weighted by Crippen LogP contribution is -1.90. The minimum atomic E-state index is -0.712. The Balaban J connectivity index is 2.14. The number of hydrogen-bond acceptors (Lipinski definition) is 2. The third-order valence-corrected chi connectivity index (χ3v) is 4.15. The average molecular weight is 405 g/mol. The summed E-state index contributed by atoms with van der Waals surface area (Å²) in [5.41, 5.74) is 1.85. The highest BCUT2D eigenvalue weighted by Crippen LogP contribution is 2.25. The Bertz CT molecular complexity index is 631. The van der Waals surface area contributed by atoms with E-state index in [4.69, 9.17) is 4.84 Å². The van der Waals surface area contributed by atoms with Gasteiger partial charge in [0.05, 0.1) is 6.21 Å². The normalized spacial score (nSPS) is 11.1. The van der Waals surface area contributed by atoms with Crippen LogP contribution < -0.4 is 4.84 Å². The Labute approximate surface area is 131 Å². The number of nitrogens with zero attached hydrogens (tertiary/aromatic N) is 1. The van der Waals surface area contributed by atoms with Crippen LogP contribution in [0.4, 0.5) is 8.78 Å². The van der Waals surface area contributed by atoms with Crippen molar-refractivity contribution in [3.8, 4) is 5.75 Å². The molecule has 0 heterocycles. The van der Waals surface area contributed by atoms with Gasteiger partial charge >= 0.3 is 0 Å². The molecule has 0 atom stereocenters. The molecule has 0 aliphatic heterocycles. The molecule has 20 heavy (non-hydrogen) atoms. The van der Waals surface area contributed by atoms with E-state index in [1.54, 1.807) is 0 Å². The molecule has 6 heteroatoms. The van der Waals surface area contributed by atoms with Crippen LogP contribution in [0.15, 0.2) is 44.4 Å². The Morgan fingerprint density at radius 3 is 2.10 bits per heavy atom. The molecule has 0 bridgehead atoms. The second-order valence-electron chi connectivity index (χ2n) is 4.04. The van der Waals surface area contributed by atoms with Gasteiger partial charge in [0.1, 0.15) is 11.6 Å². The van der Waals surface area contributed by atoms with E-state index in [-0.39, 0.29) is 5.75 Å². The summed E-state index contributed by atoms with van der Waals surface area (Å²) in [5.74, 6) is -1.42. The molecule has 104 valence electrons. The molecule has 2 aromatic carbocycles. The standard InChI is InChI=1S/C14H9Br2F2NO/c1-8-13(15)2-9(3-14(8)16)7-19-20-12-5-10(17)4-11(18)6-12/h2-7H,1H3/b19-7+. The van der Waals surface area contributed by atoms with Gasteiger partial charge in [-0.3, -0.25) is 0 Å². The van der Waals surface area contributed by atoms with Crippen molar-refractivity contribution in [3.05, 3.63) is 62.0 Å². The minimum Gasteiger partial charge on any atom is -0.357 e. The predicted octanol–water partition coefficient (Wildman–Crippen LogP) is 5.21. The van der Waals surface area contributed by atoms with Crippen molar-refractivity contribution in [3.63, 3.8) is 0 Å². The highest BCUT2D eigenvalue weighted by molar-refractivity contribution is 9.11. The lowest BCUT2D eigenvalue weighted by molar-refractivity contribution is 0.339. The summed E-state index contributed by atoms with van der Waals surface area (Å²) in [6.07, 6.45) is 1.46. The highest BCUT2D eigenvalue weighted by atomic mass is 79.9. The molecule has 2 nitrogen and oxygen atoms in total. The van der Waals surface area contributed by atoms with E-state index in [1.165, 1.54) is 6.21 Å². The maximum absolute atomic E-state index is 12.9. The number of halogens is 4. The molecule has 0 aliphatic carbocycles. The molecule has 0 amide bonds.